The Hall–Kier alpha value is -1.14. The summed E-state index contributed by atoms with van der Waals surface area (Å²) < 4.78 is 9.35. The van der Waals surface area contributed by atoms with E-state index in [0.29, 0.717) is 12.2 Å². The standard InChI is InChI=1S/C15H25N3O2S/c1-4-20-15(19)13-11(2)17-21-14(13)16-9-10-18(3)12-7-5-6-8-12/h12,16H,4-10H2,1-3H3. The molecule has 0 unspecified atom stereocenters. The topological polar surface area (TPSA) is 54.5 Å². The second-order valence-electron chi connectivity index (χ2n) is 5.54. The zero-order valence-electron chi connectivity index (χ0n) is 13.1. The van der Waals surface area contributed by atoms with Gasteiger partial charge >= 0.3 is 5.97 Å². The molecule has 0 amide bonds. The Bertz CT molecular complexity index is 469. The van der Waals surface area contributed by atoms with Crippen LogP contribution in [0.25, 0.3) is 0 Å². The molecule has 1 aromatic heterocycles. The van der Waals surface area contributed by atoms with E-state index in [0.717, 1.165) is 29.8 Å². The second-order valence-corrected chi connectivity index (χ2v) is 6.31. The lowest BCUT2D eigenvalue weighted by Gasteiger charge is -2.24. The Morgan fingerprint density at radius 2 is 2.19 bits per heavy atom. The van der Waals surface area contributed by atoms with Gasteiger partial charge in [0.2, 0.25) is 0 Å². The summed E-state index contributed by atoms with van der Waals surface area (Å²) in [5.41, 5.74) is 1.33. The summed E-state index contributed by atoms with van der Waals surface area (Å²) in [6.45, 7) is 5.85. The first-order valence-electron chi connectivity index (χ1n) is 7.71. The van der Waals surface area contributed by atoms with Crippen LogP contribution in [0.1, 0.15) is 48.7 Å². The van der Waals surface area contributed by atoms with Crippen molar-refractivity contribution in [2.24, 2.45) is 0 Å². The number of carbonyl (C=O) groups excluding carboxylic acids is 1. The van der Waals surface area contributed by atoms with Crippen LogP contribution in [0.15, 0.2) is 0 Å². The number of aromatic nitrogens is 1. The molecular weight excluding hydrogens is 286 g/mol. The van der Waals surface area contributed by atoms with Crippen molar-refractivity contribution in [3.05, 3.63) is 11.3 Å². The van der Waals surface area contributed by atoms with Crippen LogP contribution in [0.2, 0.25) is 0 Å². The largest absolute Gasteiger partial charge is 0.462 e. The molecule has 118 valence electrons. The number of hydrogen-bond acceptors (Lipinski definition) is 6. The maximum atomic E-state index is 11.9. The van der Waals surface area contributed by atoms with Gasteiger partial charge < -0.3 is 15.0 Å². The highest BCUT2D eigenvalue weighted by molar-refractivity contribution is 7.10. The van der Waals surface area contributed by atoms with Crippen molar-refractivity contribution in [2.75, 3.05) is 32.1 Å². The minimum absolute atomic E-state index is 0.282. The first-order chi connectivity index (χ1) is 10.1. The molecule has 0 radical (unpaired) electrons. The van der Waals surface area contributed by atoms with E-state index in [1.165, 1.54) is 37.2 Å². The first-order valence-corrected chi connectivity index (χ1v) is 8.48. The van der Waals surface area contributed by atoms with Gasteiger partial charge in [0.1, 0.15) is 10.6 Å². The predicted molar refractivity (Wildman–Crippen MR) is 86.2 cm³/mol. The van der Waals surface area contributed by atoms with Crippen molar-refractivity contribution in [3.8, 4) is 0 Å². The summed E-state index contributed by atoms with van der Waals surface area (Å²) in [5.74, 6) is -0.282. The summed E-state index contributed by atoms with van der Waals surface area (Å²) in [6, 6.07) is 0.722. The highest BCUT2D eigenvalue weighted by atomic mass is 32.1. The number of rotatable bonds is 7. The maximum Gasteiger partial charge on any atom is 0.343 e. The predicted octanol–water partition coefficient (Wildman–Crippen LogP) is 2.91. The van der Waals surface area contributed by atoms with Crippen molar-refractivity contribution in [3.63, 3.8) is 0 Å². The Morgan fingerprint density at radius 1 is 1.48 bits per heavy atom. The molecular formula is C15H25N3O2S. The summed E-state index contributed by atoms with van der Waals surface area (Å²) in [6.07, 6.45) is 5.32. The molecule has 5 nitrogen and oxygen atoms in total. The lowest BCUT2D eigenvalue weighted by atomic mass is 10.2. The minimum Gasteiger partial charge on any atom is -0.462 e. The molecule has 2 rings (SSSR count). The Labute approximate surface area is 130 Å². The van der Waals surface area contributed by atoms with Gasteiger partial charge in [-0.2, -0.15) is 4.37 Å². The summed E-state index contributed by atoms with van der Waals surface area (Å²) in [4.78, 5) is 14.4. The fourth-order valence-corrected chi connectivity index (χ4v) is 3.62. The third kappa shape index (κ3) is 4.17. The number of carbonyl (C=O) groups is 1. The maximum absolute atomic E-state index is 11.9. The van der Waals surface area contributed by atoms with Gasteiger partial charge in [-0.15, -0.1) is 0 Å². The number of likely N-dealkylation sites (N-methyl/N-ethyl adjacent to an activating group) is 1. The molecule has 6 heteroatoms. The molecule has 0 atom stereocenters. The summed E-state index contributed by atoms with van der Waals surface area (Å²) >= 11 is 1.33. The summed E-state index contributed by atoms with van der Waals surface area (Å²) in [7, 11) is 2.18. The lowest BCUT2D eigenvalue weighted by Crippen LogP contribution is -2.33. The van der Waals surface area contributed by atoms with Gasteiger partial charge in [0.25, 0.3) is 0 Å². The fourth-order valence-electron chi connectivity index (χ4n) is 2.81. The molecule has 1 heterocycles. The molecule has 1 N–H and O–H groups in total. The normalized spacial score (nSPS) is 15.6. The van der Waals surface area contributed by atoms with Gasteiger partial charge in [0.05, 0.1) is 12.3 Å². The molecule has 0 aliphatic heterocycles. The van der Waals surface area contributed by atoms with E-state index in [2.05, 4.69) is 21.6 Å². The Morgan fingerprint density at radius 3 is 2.86 bits per heavy atom. The molecule has 0 saturated heterocycles. The molecule has 0 aromatic carbocycles. The van der Waals surface area contributed by atoms with Gasteiger partial charge in [-0.3, -0.25) is 0 Å². The van der Waals surface area contributed by atoms with Crippen LogP contribution < -0.4 is 5.32 Å². The monoisotopic (exact) mass is 311 g/mol. The van der Waals surface area contributed by atoms with E-state index in [1.807, 2.05) is 13.8 Å². The summed E-state index contributed by atoms with van der Waals surface area (Å²) in [5, 5.41) is 4.17. The molecule has 1 aromatic rings. The molecule has 0 bridgehead atoms. The van der Waals surface area contributed by atoms with Gasteiger partial charge in [-0.05, 0) is 45.3 Å². The molecule has 0 spiro atoms. The van der Waals surface area contributed by atoms with Crippen molar-refractivity contribution in [1.82, 2.24) is 9.27 Å². The number of hydrogen-bond donors (Lipinski definition) is 1. The number of nitrogens with zero attached hydrogens (tertiary/aromatic N) is 2. The van der Waals surface area contributed by atoms with Crippen molar-refractivity contribution in [1.29, 1.82) is 0 Å². The highest BCUT2D eigenvalue weighted by Crippen LogP contribution is 2.25. The number of aryl methyl sites for hydroxylation is 1. The Balaban J connectivity index is 1.86. The van der Waals surface area contributed by atoms with Crippen molar-refractivity contribution >= 4 is 22.5 Å². The quantitative estimate of drug-likeness (QED) is 0.785. The van der Waals surface area contributed by atoms with E-state index >= 15 is 0 Å². The van der Waals surface area contributed by atoms with E-state index in [-0.39, 0.29) is 5.97 Å². The molecule has 1 fully saturated rings. The van der Waals surface area contributed by atoms with E-state index in [1.54, 1.807) is 0 Å². The van der Waals surface area contributed by atoms with Crippen LogP contribution in [-0.4, -0.2) is 48.0 Å². The average molecular weight is 311 g/mol. The third-order valence-electron chi connectivity index (χ3n) is 4.04. The average Bonchev–Trinajstić information content (AvgIpc) is 3.09. The first kappa shape index (κ1) is 16.2. The molecule has 1 saturated carbocycles. The Kier molecular flexibility index (Phi) is 5.99. The van der Waals surface area contributed by atoms with Crippen LogP contribution in [-0.2, 0) is 4.74 Å². The third-order valence-corrected chi connectivity index (χ3v) is 4.94. The van der Waals surface area contributed by atoms with E-state index < -0.39 is 0 Å². The number of esters is 1. The van der Waals surface area contributed by atoms with Crippen molar-refractivity contribution < 1.29 is 9.53 Å². The van der Waals surface area contributed by atoms with Gasteiger partial charge in [-0.1, -0.05) is 12.8 Å². The van der Waals surface area contributed by atoms with Crippen molar-refractivity contribution in [2.45, 2.75) is 45.6 Å². The second kappa shape index (κ2) is 7.75. The van der Waals surface area contributed by atoms with E-state index in [9.17, 15) is 4.79 Å². The number of ether oxygens (including phenoxy) is 1. The van der Waals surface area contributed by atoms with Gasteiger partial charge in [0, 0.05) is 19.1 Å². The number of nitrogens with one attached hydrogen (secondary N) is 1. The molecule has 1 aliphatic carbocycles. The lowest BCUT2D eigenvalue weighted by molar-refractivity contribution is 0.0527. The van der Waals surface area contributed by atoms with Gasteiger partial charge in [0.15, 0.2) is 0 Å². The smallest absolute Gasteiger partial charge is 0.343 e. The van der Waals surface area contributed by atoms with Gasteiger partial charge in [-0.25, -0.2) is 4.79 Å². The van der Waals surface area contributed by atoms with Crippen LogP contribution in [0.4, 0.5) is 5.00 Å². The zero-order chi connectivity index (χ0) is 15.2. The highest BCUT2D eigenvalue weighted by Gasteiger charge is 2.21. The van der Waals surface area contributed by atoms with Crippen LogP contribution >= 0.6 is 11.5 Å². The molecule has 1 aliphatic rings. The van der Waals surface area contributed by atoms with Crippen LogP contribution in [0, 0.1) is 6.92 Å². The molecule has 21 heavy (non-hydrogen) atoms. The fraction of sp³-hybridized carbons (Fsp3) is 0.733. The van der Waals surface area contributed by atoms with Crippen LogP contribution in [0.5, 0.6) is 0 Å². The number of anilines is 1. The minimum atomic E-state index is -0.282. The van der Waals surface area contributed by atoms with E-state index in [4.69, 9.17) is 4.74 Å². The SMILES string of the molecule is CCOC(=O)c1c(C)nsc1NCCN(C)C1CCCC1. The van der Waals surface area contributed by atoms with Crippen LogP contribution in [0.3, 0.4) is 0 Å². The zero-order valence-corrected chi connectivity index (χ0v) is 14.0.